The van der Waals surface area contributed by atoms with Crippen LogP contribution in [0.2, 0.25) is 0 Å². The second-order valence-electron chi connectivity index (χ2n) is 10.7. The monoisotopic (exact) mass is 613 g/mol. The largest absolute Gasteiger partial charge is 0.378 e. The maximum Gasteiger partial charge on any atom is 0.151 e. The quantitative estimate of drug-likeness (QED) is 0.101. The summed E-state index contributed by atoms with van der Waals surface area (Å²) in [6.45, 7) is 4.55. The molecule has 41 heavy (non-hydrogen) atoms. The van der Waals surface area contributed by atoms with Gasteiger partial charge in [0.2, 0.25) is 0 Å². The number of hydrogen-bond acceptors (Lipinski definition) is 7. The van der Waals surface area contributed by atoms with E-state index in [1.165, 1.54) is 40.9 Å². The fourth-order valence-electron chi connectivity index (χ4n) is 5.09. The van der Waals surface area contributed by atoms with Crippen molar-refractivity contribution in [3.63, 3.8) is 0 Å². The van der Waals surface area contributed by atoms with Crippen molar-refractivity contribution in [3.8, 4) is 11.1 Å². The Hall–Kier alpha value is -2.39. The van der Waals surface area contributed by atoms with Crippen molar-refractivity contribution >= 4 is 76.6 Å². The molecule has 6 aromatic rings. The Balaban J connectivity index is 1.12. The van der Waals surface area contributed by atoms with Crippen LogP contribution in [0.4, 0.5) is 0 Å². The van der Waals surface area contributed by atoms with Crippen LogP contribution in [0, 0.1) is 5.41 Å². The van der Waals surface area contributed by atoms with Gasteiger partial charge in [0, 0.05) is 42.0 Å². The van der Waals surface area contributed by atoms with Crippen molar-refractivity contribution in [1.82, 2.24) is 4.98 Å². The summed E-state index contributed by atoms with van der Waals surface area (Å²) in [6.07, 6.45) is 1.33. The van der Waals surface area contributed by atoms with Gasteiger partial charge in [-0.25, -0.2) is 4.98 Å². The van der Waals surface area contributed by atoms with Crippen LogP contribution in [0.3, 0.4) is 0 Å². The molecule has 3 heterocycles. The van der Waals surface area contributed by atoms with E-state index in [-0.39, 0.29) is 11.5 Å². The number of fused-ring (bicyclic) bond motifs is 4. The van der Waals surface area contributed by atoms with Crippen molar-refractivity contribution in [1.29, 1.82) is 0 Å². The predicted octanol–water partition coefficient (Wildman–Crippen LogP) is 10.0. The average Bonchev–Trinajstić information content (AvgIpc) is 3.61. The molecule has 1 saturated heterocycles. The van der Waals surface area contributed by atoms with E-state index in [1.807, 2.05) is 34.9 Å². The van der Waals surface area contributed by atoms with Crippen LogP contribution in [0.25, 0.3) is 41.5 Å². The lowest BCUT2D eigenvalue weighted by molar-refractivity contribution is 0.0552. The molecule has 1 aliphatic heterocycles. The molecule has 0 saturated carbocycles. The van der Waals surface area contributed by atoms with Gasteiger partial charge in [-0.15, -0.1) is 34.4 Å². The van der Waals surface area contributed by atoms with Crippen LogP contribution < -0.4 is 0 Å². The van der Waals surface area contributed by atoms with Crippen molar-refractivity contribution in [2.45, 2.75) is 28.7 Å². The minimum absolute atomic E-state index is 0.0313. The first-order chi connectivity index (χ1) is 20.2. The van der Waals surface area contributed by atoms with E-state index < -0.39 is 0 Å². The number of thioether (sulfide) groups is 2. The average molecular weight is 614 g/mol. The summed E-state index contributed by atoms with van der Waals surface area (Å²) in [5, 5.41) is 2.68. The molecule has 0 aliphatic carbocycles. The Bertz CT molecular complexity index is 1770. The first-order valence-corrected chi connectivity index (χ1v) is 17.6. The van der Waals surface area contributed by atoms with Crippen LogP contribution >= 0.6 is 46.2 Å². The Labute approximate surface area is 257 Å². The highest BCUT2D eigenvalue weighted by atomic mass is 32.2. The molecule has 7 rings (SSSR count). The van der Waals surface area contributed by atoms with Gasteiger partial charge in [0.05, 0.1) is 30.0 Å². The molecule has 1 aliphatic rings. The van der Waals surface area contributed by atoms with Gasteiger partial charge < -0.3 is 9.47 Å². The van der Waals surface area contributed by atoms with E-state index in [0.717, 1.165) is 41.0 Å². The number of benzene rings is 4. The molecule has 7 heteroatoms. The second kappa shape index (κ2) is 12.1. The maximum atomic E-state index is 6.25. The molecular formula is C34H31NO2S4. The SMILES string of the molecule is CCC(COCC1CO1)(CSc1cccc(-c2cccc3c2sc2ccccc23)c1)CSc1nc2ccccc2s1. The number of thiazole rings is 1. The van der Waals surface area contributed by atoms with Crippen LogP contribution in [0.15, 0.2) is 100 Å². The molecule has 3 nitrogen and oxygen atoms in total. The lowest BCUT2D eigenvalue weighted by Gasteiger charge is -2.32. The fourth-order valence-corrected chi connectivity index (χ4v) is 10.1. The summed E-state index contributed by atoms with van der Waals surface area (Å²) in [6, 6.07) is 32.9. The van der Waals surface area contributed by atoms with Crippen LogP contribution in [0.5, 0.6) is 0 Å². The zero-order valence-corrected chi connectivity index (χ0v) is 26.1. The van der Waals surface area contributed by atoms with Crippen LogP contribution in [0.1, 0.15) is 13.3 Å². The molecule has 1 fully saturated rings. The molecule has 0 radical (unpaired) electrons. The lowest BCUT2D eigenvalue weighted by atomic mass is 9.91. The van der Waals surface area contributed by atoms with E-state index >= 15 is 0 Å². The van der Waals surface area contributed by atoms with Gasteiger partial charge >= 0.3 is 0 Å². The summed E-state index contributed by atoms with van der Waals surface area (Å²) in [5.41, 5.74) is 3.71. The van der Waals surface area contributed by atoms with E-state index in [9.17, 15) is 0 Å². The number of nitrogens with zero attached hydrogens (tertiary/aromatic N) is 1. The summed E-state index contributed by atoms with van der Waals surface area (Å²) in [7, 11) is 0. The summed E-state index contributed by atoms with van der Waals surface area (Å²) in [5.74, 6) is 1.96. The van der Waals surface area contributed by atoms with Crippen molar-refractivity contribution in [2.24, 2.45) is 5.41 Å². The number of hydrogen-bond donors (Lipinski definition) is 0. The number of aromatic nitrogens is 1. The molecule has 0 bridgehead atoms. The van der Waals surface area contributed by atoms with Gasteiger partial charge in [0.15, 0.2) is 4.34 Å². The number of para-hydroxylation sites is 1. The smallest absolute Gasteiger partial charge is 0.151 e. The van der Waals surface area contributed by atoms with Gasteiger partial charge in [-0.1, -0.05) is 79.3 Å². The fraction of sp³-hybridized carbons (Fsp3) is 0.265. The highest BCUT2D eigenvalue weighted by molar-refractivity contribution is 8.01. The van der Waals surface area contributed by atoms with Crippen LogP contribution in [-0.2, 0) is 9.47 Å². The van der Waals surface area contributed by atoms with Crippen LogP contribution in [-0.4, -0.2) is 42.4 Å². The minimum Gasteiger partial charge on any atom is -0.378 e. The topological polar surface area (TPSA) is 34.6 Å². The third kappa shape index (κ3) is 6.07. The van der Waals surface area contributed by atoms with Gasteiger partial charge in [0.25, 0.3) is 0 Å². The van der Waals surface area contributed by atoms with Crippen molar-refractivity contribution in [2.75, 3.05) is 31.3 Å². The van der Waals surface area contributed by atoms with E-state index in [0.29, 0.717) is 6.61 Å². The zero-order valence-electron chi connectivity index (χ0n) is 22.9. The van der Waals surface area contributed by atoms with E-state index in [4.69, 9.17) is 14.5 Å². The molecule has 0 spiro atoms. The van der Waals surface area contributed by atoms with Crippen molar-refractivity contribution < 1.29 is 9.47 Å². The molecule has 0 N–H and O–H groups in total. The Kier molecular flexibility index (Phi) is 8.08. The molecule has 2 aromatic heterocycles. The number of rotatable bonds is 12. The summed E-state index contributed by atoms with van der Waals surface area (Å²) in [4.78, 5) is 6.19. The third-order valence-corrected chi connectivity index (χ3v) is 12.8. The first-order valence-electron chi connectivity index (χ1n) is 14.0. The molecule has 208 valence electrons. The van der Waals surface area contributed by atoms with E-state index in [2.05, 4.69) is 97.9 Å². The molecular weight excluding hydrogens is 583 g/mol. The Morgan fingerprint density at radius 3 is 2.51 bits per heavy atom. The van der Waals surface area contributed by atoms with Crippen molar-refractivity contribution in [3.05, 3.63) is 91.0 Å². The third-order valence-electron chi connectivity index (χ3n) is 7.73. The standard InChI is InChI=1S/C34H31NO2S4/c1-2-34(20-36-18-24-19-37-24,22-39-33-35-29-14-4-6-16-31(29)41-33)21-38-25-10-7-9-23(17-25)26-12-8-13-28-27-11-3-5-15-30(27)40-32(26)28/h3-17,24H,2,18-22H2,1H3. The van der Waals surface area contributed by atoms with Gasteiger partial charge in [-0.05, 0) is 47.9 Å². The Morgan fingerprint density at radius 1 is 0.878 bits per heavy atom. The predicted molar refractivity (Wildman–Crippen MR) is 179 cm³/mol. The summed E-state index contributed by atoms with van der Waals surface area (Å²) < 4.78 is 16.8. The minimum atomic E-state index is 0.0313. The maximum absolute atomic E-state index is 6.25. The highest BCUT2D eigenvalue weighted by Gasteiger charge is 2.32. The molecule has 2 atom stereocenters. The first kappa shape index (κ1) is 27.4. The normalized spacial score (nSPS) is 16.5. The lowest BCUT2D eigenvalue weighted by Crippen LogP contribution is -2.32. The number of epoxide rings is 1. The second-order valence-corrected chi connectivity index (χ2v) is 15.0. The molecule has 4 aromatic carbocycles. The van der Waals surface area contributed by atoms with Gasteiger partial charge in [-0.3, -0.25) is 0 Å². The van der Waals surface area contributed by atoms with Gasteiger partial charge in [0.1, 0.15) is 6.10 Å². The number of ether oxygens (including phenoxy) is 2. The summed E-state index contributed by atoms with van der Waals surface area (Å²) >= 11 is 7.50. The molecule has 0 amide bonds. The van der Waals surface area contributed by atoms with E-state index in [1.54, 1.807) is 11.3 Å². The number of thiophene rings is 1. The molecule has 2 unspecified atom stereocenters. The highest BCUT2D eigenvalue weighted by Crippen LogP contribution is 2.42. The zero-order chi connectivity index (χ0) is 27.6. The Morgan fingerprint density at radius 2 is 1.66 bits per heavy atom. The van der Waals surface area contributed by atoms with Gasteiger partial charge in [-0.2, -0.15) is 0 Å².